The first-order valence-electron chi connectivity index (χ1n) is 11.0. The number of carboxylic acid groups (broad SMARTS) is 2. The summed E-state index contributed by atoms with van der Waals surface area (Å²) in [6, 6.07) is 24.5. The first-order chi connectivity index (χ1) is 17.7. The third kappa shape index (κ3) is 7.65. The second kappa shape index (κ2) is 12.5. The fourth-order valence-corrected chi connectivity index (χ4v) is 3.25. The highest BCUT2D eigenvalue weighted by molar-refractivity contribution is 6.27. The lowest BCUT2D eigenvalue weighted by atomic mass is 10.1. The number of non-ortho nitro benzene ring substituents is 1. The molecule has 11 heteroatoms. The zero-order valence-corrected chi connectivity index (χ0v) is 19.8. The number of benzene rings is 3. The Morgan fingerprint density at radius 2 is 1.65 bits per heavy atom. The van der Waals surface area contributed by atoms with Crippen molar-refractivity contribution in [3.05, 3.63) is 106 Å². The number of aromatic nitrogens is 2. The van der Waals surface area contributed by atoms with Crippen LogP contribution in [0.15, 0.2) is 85.1 Å². The van der Waals surface area contributed by atoms with E-state index in [1.54, 1.807) is 18.3 Å². The molecule has 0 unspecified atom stereocenters. The highest BCUT2D eigenvalue weighted by Gasteiger charge is 2.12. The molecule has 0 saturated carbocycles. The van der Waals surface area contributed by atoms with E-state index >= 15 is 0 Å². The molecule has 0 aliphatic carbocycles. The van der Waals surface area contributed by atoms with Gasteiger partial charge >= 0.3 is 11.9 Å². The van der Waals surface area contributed by atoms with Gasteiger partial charge in [0.15, 0.2) is 0 Å². The molecular formula is C26H24N4O7. The van der Waals surface area contributed by atoms with Gasteiger partial charge in [-0.05, 0) is 23.3 Å². The summed E-state index contributed by atoms with van der Waals surface area (Å²) in [5.41, 5.74) is 3.82. The van der Waals surface area contributed by atoms with Crippen LogP contribution in [0.2, 0.25) is 0 Å². The van der Waals surface area contributed by atoms with Gasteiger partial charge in [0.2, 0.25) is 5.95 Å². The summed E-state index contributed by atoms with van der Waals surface area (Å²) in [7, 11) is 1.88. The molecule has 4 aromatic rings. The minimum atomic E-state index is -1.82. The van der Waals surface area contributed by atoms with Crippen molar-refractivity contribution in [2.45, 2.75) is 13.2 Å². The number of nitro groups is 1. The smallest absolute Gasteiger partial charge is 0.414 e. The molecule has 0 saturated heterocycles. The van der Waals surface area contributed by atoms with Gasteiger partial charge in [0.1, 0.15) is 12.4 Å². The Labute approximate surface area is 211 Å². The van der Waals surface area contributed by atoms with E-state index in [0.29, 0.717) is 19.1 Å². The number of rotatable bonds is 8. The average Bonchev–Trinajstić information content (AvgIpc) is 3.28. The number of nitrogens with one attached hydrogen (secondary N) is 1. The SMILES string of the molecule is Cn1c(-c2cccc([N+](=O)[O-])c2)cnc1NCc1ccc(OCc2ccccc2)cc1.O=C(O)C(=O)O. The van der Waals surface area contributed by atoms with Crippen LogP contribution in [0.25, 0.3) is 11.3 Å². The molecule has 0 atom stereocenters. The van der Waals surface area contributed by atoms with E-state index in [9.17, 15) is 10.1 Å². The van der Waals surface area contributed by atoms with Crippen LogP contribution in [0, 0.1) is 10.1 Å². The number of anilines is 1. The maximum Gasteiger partial charge on any atom is 0.414 e. The standard InChI is InChI=1S/C24H22N4O3.C2H2O4/c1-27-23(20-8-5-9-21(14-20)28(29)30)16-26-24(27)25-15-18-10-12-22(13-11-18)31-17-19-6-3-2-4-7-19;3-1(4)2(5)6/h2-14,16H,15,17H2,1H3,(H,25,26);(H,3,4)(H,5,6). The summed E-state index contributed by atoms with van der Waals surface area (Å²) in [5, 5.41) is 29.1. The maximum atomic E-state index is 11.0. The molecule has 4 rings (SSSR count). The van der Waals surface area contributed by atoms with Gasteiger partial charge in [0.05, 0.1) is 16.8 Å². The molecule has 0 spiro atoms. The largest absolute Gasteiger partial charge is 0.489 e. The fraction of sp³-hybridized carbons (Fsp3) is 0.115. The van der Waals surface area contributed by atoms with Crippen LogP contribution in [0.3, 0.4) is 0 Å². The molecule has 0 aliphatic heterocycles. The molecule has 0 bridgehead atoms. The Bertz CT molecular complexity index is 1360. The summed E-state index contributed by atoms with van der Waals surface area (Å²) in [5.74, 6) is -2.14. The predicted octanol–water partition coefficient (Wildman–Crippen LogP) is 4.34. The molecule has 37 heavy (non-hydrogen) atoms. The summed E-state index contributed by atoms with van der Waals surface area (Å²) < 4.78 is 7.71. The quantitative estimate of drug-likeness (QED) is 0.180. The van der Waals surface area contributed by atoms with E-state index in [0.717, 1.165) is 28.1 Å². The van der Waals surface area contributed by atoms with E-state index in [4.69, 9.17) is 24.5 Å². The maximum absolute atomic E-state index is 11.0. The first kappa shape index (κ1) is 26.4. The van der Waals surface area contributed by atoms with Crippen LogP contribution in [-0.2, 0) is 29.8 Å². The predicted molar refractivity (Wildman–Crippen MR) is 135 cm³/mol. The summed E-state index contributed by atoms with van der Waals surface area (Å²) in [4.78, 5) is 33.3. The summed E-state index contributed by atoms with van der Waals surface area (Å²) in [6.07, 6.45) is 1.71. The van der Waals surface area contributed by atoms with Crippen LogP contribution in [0.4, 0.5) is 11.6 Å². The Hall–Kier alpha value is -5.19. The van der Waals surface area contributed by atoms with Crippen LogP contribution < -0.4 is 10.1 Å². The zero-order valence-electron chi connectivity index (χ0n) is 19.8. The summed E-state index contributed by atoms with van der Waals surface area (Å²) >= 11 is 0. The van der Waals surface area contributed by atoms with E-state index in [1.165, 1.54) is 6.07 Å². The molecule has 11 nitrogen and oxygen atoms in total. The van der Waals surface area contributed by atoms with E-state index in [2.05, 4.69) is 10.3 Å². The lowest BCUT2D eigenvalue weighted by Gasteiger charge is -2.10. The van der Waals surface area contributed by atoms with Crippen molar-refractivity contribution in [3.63, 3.8) is 0 Å². The highest BCUT2D eigenvalue weighted by Crippen LogP contribution is 2.25. The number of hydrogen-bond acceptors (Lipinski definition) is 7. The number of ether oxygens (including phenoxy) is 1. The number of carbonyl (C=O) groups is 2. The average molecular weight is 504 g/mol. The van der Waals surface area contributed by atoms with Gasteiger partial charge in [-0.15, -0.1) is 0 Å². The van der Waals surface area contributed by atoms with E-state index in [-0.39, 0.29) is 5.69 Å². The Morgan fingerprint density at radius 3 is 2.27 bits per heavy atom. The topological polar surface area (TPSA) is 157 Å². The van der Waals surface area contributed by atoms with E-state index in [1.807, 2.05) is 72.3 Å². The molecule has 0 radical (unpaired) electrons. The van der Waals surface area contributed by atoms with Crippen molar-refractivity contribution in [1.29, 1.82) is 0 Å². The van der Waals surface area contributed by atoms with Crippen LogP contribution >= 0.6 is 0 Å². The normalized spacial score (nSPS) is 10.1. The molecular weight excluding hydrogens is 480 g/mol. The van der Waals surface area contributed by atoms with Crippen LogP contribution in [0.1, 0.15) is 11.1 Å². The molecule has 0 aliphatic rings. The van der Waals surface area contributed by atoms with Crippen LogP contribution in [0.5, 0.6) is 5.75 Å². The fourth-order valence-electron chi connectivity index (χ4n) is 3.25. The molecule has 0 amide bonds. The van der Waals surface area contributed by atoms with Gasteiger partial charge in [0.25, 0.3) is 5.69 Å². The number of nitrogens with zero attached hydrogens (tertiary/aromatic N) is 3. The summed E-state index contributed by atoms with van der Waals surface area (Å²) in [6.45, 7) is 1.13. The lowest BCUT2D eigenvalue weighted by Crippen LogP contribution is -2.09. The highest BCUT2D eigenvalue weighted by atomic mass is 16.6. The third-order valence-electron chi connectivity index (χ3n) is 5.15. The molecule has 0 fully saturated rings. The number of nitro benzene ring substituents is 1. The second-order valence-corrected chi connectivity index (χ2v) is 7.72. The number of hydrogen-bond donors (Lipinski definition) is 3. The van der Waals surface area contributed by atoms with Gasteiger partial charge in [-0.25, -0.2) is 14.6 Å². The van der Waals surface area contributed by atoms with Crippen molar-refractivity contribution in [3.8, 4) is 17.0 Å². The van der Waals surface area contributed by atoms with Gasteiger partial charge in [0, 0.05) is 31.3 Å². The number of carboxylic acids is 2. The first-order valence-corrected chi connectivity index (χ1v) is 11.0. The number of imidazole rings is 1. The van der Waals surface area contributed by atoms with Crippen molar-refractivity contribution in [1.82, 2.24) is 9.55 Å². The van der Waals surface area contributed by atoms with E-state index < -0.39 is 16.9 Å². The monoisotopic (exact) mass is 504 g/mol. The van der Waals surface area contributed by atoms with Gasteiger partial charge in [-0.2, -0.15) is 0 Å². The molecule has 1 heterocycles. The Balaban J connectivity index is 0.000000568. The zero-order chi connectivity index (χ0) is 26.8. The van der Waals surface area contributed by atoms with Gasteiger partial charge in [-0.3, -0.25) is 10.1 Å². The van der Waals surface area contributed by atoms with Crippen molar-refractivity contribution in [2.75, 3.05) is 5.32 Å². The molecule has 190 valence electrons. The van der Waals surface area contributed by atoms with Crippen molar-refractivity contribution < 1.29 is 29.5 Å². The number of aliphatic carboxylic acids is 2. The van der Waals surface area contributed by atoms with Gasteiger partial charge < -0.3 is 24.8 Å². The minimum absolute atomic E-state index is 0.0581. The molecule has 3 aromatic carbocycles. The second-order valence-electron chi connectivity index (χ2n) is 7.72. The molecule has 1 aromatic heterocycles. The third-order valence-corrected chi connectivity index (χ3v) is 5.15. The van der Waals surface area contributed by atoms with Crippen LogP contribution in [-0.4, -0.2) is 36.6 Å². The Kier molecular flexibility index (Phi) is 8.92. The minimum Gasteiger partial charge on any atom is -0.489 e. The van der Waals surface area contributed by atoms with Gasteiger partial charge in [-0.1, -0.05) is 54.6 Å². The van der Waals surface area contributed by atoms with Crippen molar-refractivity contribution in [2.24, 2.45) is 7.05 Å². The lowest BCUT2D eigenvalue weighted by molar-refractivity contribution is -0.384. The Morgan fingerprint density at radius 1 is 0.973 bits per heavy atom. The molecule has 3 N–H and O–H groups in total. The van der Waals surface area contributed by atoms with Crippen molar-refractivity contribution >= 4 is 23.6 Å².